The number of hydrogen-bond acceptors (Lipinski definition) is 9. The van der Waals surface area contributed by atoms with Crippen LogP contribution in [0.3, 0.4) is 0 Å². The van der Waals surface area contributed by atoms with E-state index in [-0.39, 0.29) is 11.8 Å². The molecule has 9 nitrogen and oxygen atoms in total. The number of carbonyl (C=O) groups excluding carboxylic acids is 3. The molecule has 4 atom stereocenters. The van der Waals surface area contributed by atoms with Gasteiger partial charge in [-0.3, -0.25) is 0 Å². The van der Waals surface area contributed by atoms with E-state index in [1.807, 2.05) is 0 Å². The third-order valence-corrected chi connectivity index (χ3v) is 3.13. The fourth-order valence-electron chi connectivity index (χ4n) is 1.94. The molecule has 9 heteroatoms. The van der Waals surface area contributed by atoms with E-state index in [2.05, 4.69) is 4.74 Å². The van der Waals surface area contributed by atoms with Crippen molar-refractivity contribution in [3.8, 4) is 5.75 Å². The van der Waals surface area contributed by atoms with Crippen LogP contribution in [-0.4, -0.2) is 62.7 Å². The van der Waals surface area contributed by atoms with Crippen LogP contribution in [0.5, 0.6) is 5.75 Å². The maximum absolute atomic E-state index is 12.0. The monoisotopic (exact) mass is 312 g/mol. The van der Waals surface area contributed by atoms with Gasteiger partial charge in [0.1, 0.15) is 11.3 Å². The largest absolute Gasteiger partial charge is 0.507 e. The number of aliphatic hydroxyl groups is 3. The Kier molecular flexibility index (Phi) is 4.13. The van der Waals surface area contributed by atoms with E-state index in [9.17, 15) is 34.8 Å². The smallest absolute Gasteiger partial charge is 0.345 e. The highest BCUT2D eigenvalue weighted by Crippen LogP contribution is 2.33. The van der Waals surface area contributed by atoms with Crippen molar-refractivity contribution in [1.29, 1.82) is 0 Å². The molecule has 0 unspecified atom stereocenters. The summed E-state index contributed by atoms with van der Waals surface area (Å²) in [4.78, 5) is 34.1. The highest BCUT2D eigenvalue weighted by Gasteiger charge is 2.62. The summed E-state index contributed by atoms with van der Waals surface area (Å²) in [7, 11) is 0. The Bertz CT molecular complexity index is 613. The highest BCUT2D eigenvalue weighted by atomic mass is 16.8. The van der Waals surface area contributed by atoms with Crippen LogP contribution in [0.2, 0.25) is 0 Å². The molecule has 118 valence electrons. The second-order valence-corrected chi connectivity index (χ2v) is 4.52. The van der Waals surface area contributed by atoms with Gasteiger partial charge in [0.2, 0.25) is 0 Å². The molecular weight excluding hydrogens is 300 g/mol. The number of aromatic hydroxyl groups is 1. The standard InChI is InChI=1S/C13H12O9/c14-5-8(16)13(10(18)9(17)12(20)22-13)21-11(19)6-3-1-2-4-7(6)15/h1-5,8-10,15-18H/t8-,9+,10-,13-/m1/s1. The molecule has 0 aliphatic carbocycles. The number of carbonyl (C=O) groups is 3. The van der Waals surface area contributed by atoms with Crippen LogP contribution in [-0.2, 0) is 19.1 Å². The van der Waals surface area contributed by atoms with E-state index in [4.69, 9.17) is 4.74 Å². The lowest BCUT2D eigenvalue weighted by Crippen LogP contribution is -2.56. The maximum Gasteiger partial charge on any atom is 0.345 e. The van der Waals surface area contributed by atoms with Crippen LogP contribution in [0, 0.1) is 0 Å². The molecule has 4 N–H and O–H groups in total. The molecule has 1 fully saturated rings. The molecule has 1 aliphatic heterocycles. The number of esters is 2. The molecule has 1 aromatic rings. The Morgan fingerprint density at radius 3 is 2.50 bits per heavy atom. The molecule has 22 heavy (non-hydrogen) atoms. The van der Waals surface area contributed by atoms with Crippen molar-refractivity contribution in [2.24, 2.45) is 0 Å². The Morgan fingerprint density at radius 2 is 2.00 bits per heavy atom. The predicted molar refractivity (Wildman–Crippen MR) is 66.4 cm³/mol. The summed E-state index contributed by atoms with van der Waals surface area (Å²) in [5.74, 6) is -5.92. The van der Waals surface area contributed by atoms with Crippen molar-refractivity contribution >= 4 is 18.2 Å². The minimum atomic E-state index is -2.79. The number of hydrogen-bond donors (Lipinski definition) is 4. The molecule has 1 saturated heterocycles. The Labute approximate surface area is 123 Å². The van der Waals surface area contributed by atoms with Crippen LogP contribution >= 0.6 is 0 Å². The van der Waals surface area contributed by atoms with E-state index in [1.165, 1.54) is 18.2 Å². The van der Waals surface area contributed by atoms with Gasteiger partial charge in [-0.05, 0) is 12.1 Å². The zero-order valence-electron chi connectivity index (χ0n) is 10.9. The molecule has 2 rings (SSSR count). The number of benzene rings is 1. The molecule has 1 aliphatic rings. The number of ether oxygens (including phenoxy) is 2. The third kappa shape index (κ3) is 2.41. The molecule has 0 saturated carbocycles. The van der Waals surface area contributed by atoms with Crippen molar-refractivity contribution in [3.63, 3.8) is 0 Å². The lowest BCUT2D eigenvalue weighted by molar-refractivity contribution is -0.251. The number of aldehydes is 1. The minimum absolute atomic E-state index is 0.132. The van der Waals surface area contributed by atoms with Gasteiger partial charge in [0, 0.05) is 0 Å². The van der Waals surface area contributed by atoms with Gasteiger partial charge >= 0.3 is 17.7 Å². The SMILES string of the molecule is O=C[C@@H](O)[C@@]1(OC(=O)c2ccccc2O)OC(=O)[C@@H](O)[C@H]1O. The van der Waals surface area contributed by atoms with Crippen molar-refractivity contribution in [3.05, 3.63) is 29.8 Å². The summed E-state index contributed by atoms with van der Waals surface area (Å²) in [6.45, 7) is 0. The van der Waals surface area contributed by atoms with Crippen molar-refractivity contribution in [2.45, 2.75) is 24.1 Å². The zero-order chi connectivity index (χ0) is 16.5. The number of para-hydroxylation sites is 1. The average Bonchev–Trinajstić information content (AvgIpc) is 2.72. The first kappa shape index (κ1) is 15.9. The van der Waals surface area contributed by atoms with Crippen LogP contribution < -0.4 is 0 Å². The van der Waals surface area contributed by atoms with Gasteiger partial charge in [0.25, 0.3) is 0 Å². The van der Waals surface area contributed by atoms with Gasteiger partial charge in [-0.2, -0.15) is 0 Å². The number of cyclic esters (lactones) is 1. The first-order valence-electron chi connectivity index (χ1n) is 6.07. The summed E-state index contributed by atoms with van der Waals surface area (Å²) >= 11 is 0. The first-order valence-corrected chi connectivity index (χ1v) is 6.07. The Morgan fingerprint density at radius 1 is 1.36 bits per heavy atom. The van der Waals surface area contributed by atoms with Gasteiger partial charge in [-0.25, -0.2) is 9.59 Å². The lowest BCUT2D eigenvalue weighted by atomic mass is 10.0. The van der Waals surface area contributed by atoms with Gasteiger partial charge in [-0.1, -0.05) is 12.1 Å². The molecule has 1 heterocycles. The maximum atomic E-state index is 12.0. The average molecular weight is 312 g/mol. The van der Waals surface area contributed by atoms with E-state index < -0.39 is 41.8 Å². The molecule has 0 amide bonds. The van der Waals surface area contributed by atoms with Crippen LogP contribution in [0.15, 0.2) is 24.3 Å². The zero-order valence-corrected chi connectivity index (χ0v) is 10.9. The van der Waals surface area contributed by atoms with Crippen LogP contribution in [0.25, 0.3) is 0 Å². The van der Waals surface area contributed by atoms with Crippen molar-refractivity contribution < 1.29 is 44.3 Å². The molecule has 0 bridgehead atoms. The molecule has 0 aromatic heterocycles. The predicted octanol–water partition coefficient (Wildman–Crippen LogP) is -1.92. The summed E-state index contributed by atoms with van der Waals surface area (Å²) in [5, 5.41) is 38.4. The van der Waals surface area contributed by atoms with Gasteiger partial charge < -0.3 is 34.7 Å². The van der Waals surface area contributed by atoms with Gasteiger partial charge in [0.15, 0.2) is 24.6 Å². The van der Waals surface area contributed by atoms with Crippen molar-refractivity contribution in [2.75, 3.05) is 0 Å². The second kappa shape index (κ2) is 5.72. The van der Waals surface area contributed by atoms with E-state index in [1.54, 1.807) is 0 Å². The number of rotatable bonds is 4. The van der Waals surface area contributed by atoms with Crippen LogP contribution in [0.1, 0.15) is 10.4 Å². The minimum Gasteiger partial charge on any atom is -0.507 e. The highest BCUT2D eigenvalue weighted by molar-refractivity contribution is 5.93. The molecule has 0 radical (unpaired) electrons. The van der Waals surface area contributed by atoms with Crippen LogP contribution in [0.4, 0.5) is 0 Å². The third-order valence-electron chi connectivity index (χ3n) is 3.13. The fraction of sp³-hybridized carbons (Fsp3) is 0.308. The molecule has 1 aromatic carbocycles. The van der Waals surface area contributed by atoms with E-state index in [0.29, 0.717) is 0 Å². The Hall–Kier alpha value is -2.49. The van der Waals surface area contributed by atoms with Gasteiger partial charge in [0.05, 0.1) is 0 Å². The normalized spacial score (nSPS) is 28.8. The number of aliphatic hydroxyl groups excluding tert-OH is 3. The van der Waals surface area contributed by atoms with Crippen molar-refractivity contribution in [1.82, 2.24) is 0 Å². The number of phenolic OH excluding ortho intramolecular Hbond substituents is 1. The van der Waals surface area contributed by atoms with Gasteiger partial charge in [-0.15, -0.1) is 0 Å². The Balaban J connectivity index is 2.37. The summed E-state index contributed by atoms with van der Waals surface area (Å²) < 4.78 is 9.25. The summed E-state index contributed by atoms with van der Waals surface area (Å²) in [6.07, 6.45) is -6.66. The van der Waals surface area contributed by atoms with E-state index in [0.717, 1.165) is 6.07 Å². The summed E-state index contributed by atoms with van der Waals surface area (Å²) in [5.41, 5.74) is -0.357. The molecule has 0 spiro atoms. The topological polar surface area (TPSA) is 151 Å². The first-order chi connectivity index (χ1) is 10.3. The lowest BCUT2D eigenvalue weighted by Gasteiger charge is -2.31. The number of phenols is 1. The summed E-state index contributed by atoms with van der Waals surface area (Å²) in [6, 6.07) is 5.16. The quantitative estimate of drug-likeness (QED) is 0.368. The second-order valence-electron chi connectivity index (χ2n) is 4.52. The fourth-order valence-corrected chi connectivity index (χ4v) is 1.94. The molecular formula is C13H12O9. The van der Waals surface area contributed by atoms with E-state index >= 15 is 0 Å².